The number of nitrogens with zero attached hydrogens (tertiary/aromatic N) is 1. The highest BCUT2D eigenvalue weighted by atomic mass is 35.5. The summed E-state index contributed by atoms with van der Waals surface area (Å²) in [4.78, 5) is 14.4. The summed E-state index contributed by atoms with van der Waals surface area (Å²) in [6.45, 7) is 2.35. The minimum atomic E-state index is -1.29. The van der Waals surface area contributed by atoms with Gasteiger partial charge < -0.3 is 4.90 Å². The van der Waals surface area contributed by atoms with Gasteiger partial charge in [0.2, 0.25) is 10.4 Å². The van der Waals surface area contributed by atoms with Crippen LogP contribution in [0.1, 0.15) is 18.1 Å². The number of likely N-dealkylation sites (N-methyl/N-ethyl adjacent to an activating group) is 1. The zero-order chi connectivity index (χ0) is 15.1. The van der Waals surface area contributed by atoms with Gasteiger partial charge in [-0.15, -0.1) is 0 Å². The summed E-state index contributed by atoms with van der Waals surface area (Å²) in [6.07, 6.45) is 0. The van der Waals surface area contributed by atoms with Gasteiger partial charge in [0.05, 0.1) is 0 Å². The highest BCUT2D eigenvalue weighted by Gasteiger charge is 2.71. The molecule has 0 bridgehead atoms. The van der Waals surface area contributed by atoms with Crippen LogP contribution in [0.25, 0.3) is 0 Å². The predicted octanol–water partition coefficient (Wildman–Crippen LogP) is 3.97. The molecule has 0 N–H and O–H groups in total. The zero-order valence-electron chi connectivity index (χ0n) is 11.6. The number of alkyl halides is 2. The van der Waals surface area contributed by atoms with Gasteiger partial charge in [-0.25, -0.2) is 0 Å². The lowest BCUT2D eigenvalue weighted by Gasteiger charge is -2.58. The van der Waals surface area contributed by atoms with Crippen molar-refractivity contribution >= 4 is 29.1 Å². The number of β-lactam (4-membered cyclic amide) rings is 1. The molecule has 1 saturated heterocycles. The second-order valence-electron chi connectivity index (χ2n) is 5.07. The molecule has 4 heteroatoms. The molecule has 2 aromatic rings. The normalized spacial score (nSPS) is 19.2. The number of hydrogen-bond acceptors (Lipinski definition) is 1. The van der Waals surface area contributed by atoms with Gasteiger partial charge >= 0.3 is 0 Å². The molecule has 0 spiro atoms. The van der Waals surface area contributed by atoms with Crippen LogP contribution in [0.5, 0.6) is 0 Å². The maximum atomic E-state index is 12.9. The Morgan fingerprint density at radius 1 is 0.905 bits per heavy atom. The molecule has 1 fully saturated rings. The molecule has 0 unspecified atom stereocenters. The second-order valence-corrected chi connectivity index (χ2v) is 6.36. The van der Waals surface area contributed by atoms with Crippen molar-refractivity contribution < 1.29 is 4.79 Å². The van der Waals surface area contributed by atoms with Crippen LogP contribution in [0.15, 0.2) is 60.7 Å². The van der Waals surface area contributed by atoms with E-state index in [0.29, 0.717) is 6.54 Å². The molecular weight excluding hydrogens is 305 g/mol. The molecule has 21 heavy (non-hydrogen) atoms. The van der Waals surface area contributed by atoms with Crippen LogP contribution in [-0.2, 0) is 10.2 Å². The maximum Gasteiger partial charge on any atom is 0.245 e. The fraction of sp³-hybridized carbons (Fsp3) is 0.235. The quantitative estimate of drug-likeness (QED) is 0.476. The lowest BCUT2D eigenvalue weighted by atomic mass is 9.67. The monoisotopic (exact) mass is 319 g/mol. The molecular formula is C17H15Cl2NO. The fourth-order valence-electron chi connectivity index (χ4n) is 3.09. The van der Waals surface area contributed by atoms with Gasteiger partial charge in [0.15, 0.2) is 5.41 Å². The fourth-order valence-corrected chi connectivity index (χ4v) is 4.08. The molecule has 2 aromatic carbocycles. The van der Waals surface area contributed by atoms with Gasteiger partial charge in [-0.3, -0.25) is 4.79 Å². The van der Waals surface area contributed by atoms with Gasteiger partial charge in [-0.2, -0.15) is 0 Å². The van der Waals surface area contributed by atoms with E-state index in [-0.39, 0.29) is 5.91 Å². The molecule has 0 aliphatic carbocycles. The summed E-state index contributed by atoms with van der Waals surface area (Å²) < 4.78 is -1.29. The Morgan fingerprint density at radius 3 is 1.67 bits per heavy atom. The number of rotatable bonds is 3. The molecule has 0 aromatic heterocycles. The van der Waals surface area contributed by atoms with Crippen LogP contribution in [0.4, 0.5) is 0 Å². The molecule has 108 valence electrons. The lowest BCUT2D eigenvalue weighted by molar-refractivity contribution is -0.154. The number of hydrogen-bond donors (Lipinski definition) is 0. The summed E-state index contributed by atoms with van der Waals surface area (Å²) >= 11 is 13.3. The van der Waals surface area contributed by atoms with Crippen molar-refractivity contribution in [1.82, 2.24) is 4.90 Å². The van der Waals surface area contributed by atoms with Crippen LogP contribution in [0.2, 0.25) is 0 Å². The van der Waals surface area contributed by atoms with E-state index in [1.165, 1.54) is 4.90 Å². The smallest absolute Gasteiger partial charge is 0.245 e. The molecule has 2 nitrogen and oxygen atoms in total. The largest absolute Gasteiger partial charge is 0.309 e. The van der Waals surface area contributed by atoms with Crippen molar-refractivity contribution in [2.45, 2.75) is 16.8 Å². The van der Waals surface area contributed by atoms with Crippen molar-refractivity contribution in [2.75, 3.05) is 6.54 Å². The predicted molar refractivity (Wildman–Crippen MR) is 85.5 cm³/mol. The Bertz CT molecular complexity index is 616. The van der Waals surface area contributed by atoms with Gasteiger partial charge in [0.1, 0.15) is 0 Å². The first-order valence-electron chi connectivity index (χ1n) is 6.87. The van der Waals surface area contributed by atoms with E-state index < -0.39 is 9.87 Å². The molecule has 3 rings (SSSR count). The third-order valence-corrected chi connectivity index (χ3v) is 5.06. The van der Waals surface area contributed by atoms with E-state index in [4.69, 9.17) is 23.2 Å². The Hall–Kier alpha value is -1.51. The molecule has 1 heterocycles. The van der Waals surface area contributed by atoms with Gasteiger partial charge in [-0.05, 0) is 18.1 Å². The lowest BCUT2D eigenvalue weighted by Crippen LogP contribution is -2.75. The molecule has 0 atom stereocenters. The summed E-state index contributed by atoms with van der Waals surface area (Å²) in [5.74, 6) is -0.0626. The summed E-state index contributed by atoms with van der Waals surface area (Å²) in [6, 6.07) is 19.0. The first kappa shape index (κ1) is 14.4. The van der Waals surface area contributed by atoms with Crippen molar-refractivity contribution in [3.8, 4) is 0 Å². The molecule has 0 radical (unpaired) electrons. The molecule has 1 aliphatic heterocycles. The Morgan fingerprint density at radius 2 is 1.33 bits per heavy atom. The minimum absolute atomic E-state index is 0.0626. The third-order valence-electron chi connectivity index (χ3n) is 4.09. The Labute approximate surface area is 134 Å². The first-order chi connectivity index (χ1) is 10.1. The molecule has 1 aliphatic rings. The zero-order valence-corrected chi connectivity index (χ0v) is 13.1. The average molecular weight is 320 g/mol. The van der Waals surface area contributed by atoms with Crippen molar-refractivity contribution in [3.05, 3.63) is 71.8 Å². The van der Waals surface area contributed by atoms with E-state index in [0.717, 1.165) is 11.1 Å². The molecule has 1 amide bonds. The van der Waals surface area contributed by atoms with Gasteiger partial charge in [-0.1, -0.05) is 83.9 Å². The van der Waals surface area contributed by atoms with E-state index in [2.05, 4.69) is 0 Å². The number of benzene rings is 2. The van der Waals surface area contributed by atoms with Crippen molar-refractivity contribution in [3.63, 3.8) is 0 Å². The first-order valence-corrected chi connectivity index (χ1v) is 7.63. The van der Waals surface area contributed by atoms with E-state index in [1.54, 1.807) is 0 Å². The minimum Gasteiger partial charge on any atom is -0.309 e. The van der Waals surface area contributed by atoms with Crippen molar-refractivity contribution in [2.24, 2.45) is 0 Å². The summed E-state index contributed by atoms with van der Waals surface area (Å²) in [5.41, 5.74) is 0.584. The number of halogens is 2. The SMILES string of the molecule is CCN1C(=O)C(c2ccccc2)(c2ccccc2)C1(Cl)Cl. The Kier molecular flexibility index (Phi) is 3.46. The summed E-state index contributed by atoms with van der Waals surface area (Å²) in [7, 11) is 0. The number of amides is 1. The van der Waals surface area contributed by atoms with Gasteiger partial charge in [0.25, 0.3) is 0 Å². The maximum absolute atomic E-state index is 12.9. The van der Waals surface area contributed by atoms with Crippen LogP contribution >= 0.6 is 23.2 Å². The Balaban J connectivity index is 2.26. The van der Waals surface area contributed by atoms with E-state index in [1.807, 2.05) is 67.6 Å². The number of carbonyl (C=O) groups excluding carboxylic acids is 1. The highest BCUT2D eigenvalue weighted by Crippen LogP contribution is 2.59. The second kappa shape index (κ2) is 5.04. The van der Waals surface area contributed by atoms with Crippen LogP contribution in [-0.4, -0.2) is 21.8 Å². The van der Waals surface area contributed by atoms with E-state index >= 15 is 0 Å². The number of likely N-dealkylation sites (tertiary alicyclic amines) is 1. The topological polar surface area (TPSA) is 20.3 Å². The van der Waals surface area contributed by atoms with Crippen LogP contribution in [0, 0.1) is 0 Å². The highest BCUT2D eigenvalue weighted by molar-refractivity contribution is 6.54. The average Bonchev–Trinajstić information content (AvgIpc) is 2.50. The standard InChI is InChI=1S/C17H15Cl2NO/c1-2-20-15(21)16(17(20,18)19,13-9-5-3-6-10-13)14-11-7-4-8-12-14/h3-12H,2H2,1H3. The molecule has 0 saturated carbocycles. The van der Waals surface area contributed by atoms with Crippen LogP contribution < -0.4 is 0 Å². The summed E-state index contributed by atoms with van der Waals surface area (Å²) in [5, 5.41) is 0. The van der Waals surface area contributed by atoms with Gasteiger partial charge in [0, 0.05) is 6.54 Å². The van der Waals surface area contributed by atoms with Crippen LogP contribution in [0.3, 0.4) is 0 Å². The van der Waals surface area contributed by atoms with Crippen molar-refractivity contribution in [1.29, 1.82) is 0 Å². The third kappa shape index (κ3) is 1.76. The number of carbonyl (C=O) groups is 1. The van der Waals surface area contributed by atoms with E-state index in [9.17, 15) is 4.79 Å².